The Labute approximate surface area is 249 Å². The van der Waals surface area contributed by atoms with E-state index in [1.807, 2.05) is 29.7 Å². The third-order valence-corrected chi connectivity index (χ3v) is 9.34. The molecule has 226 valence electrons. The Kier molecular flexibility index (Phi) is 7.54. The Morgan fingerprint density at radius 1 is 1.05 bits per heavy atom. The number of nitriles is 1. The summed E-state index contributed by atoms with van der Waals surface area (Å²) in [4.78, 5) is 13.1. The number of anilines is 3. The number of benzene rings is 2. The van der Waals surface area contributed by atoms with Crippen LogP contribution < -0.4 is 20.9 Å². The lowest BCUT2D eigenvalue weighted by Crippen LogP contribution is -2.51. The number of piperazine rings is 1. The Balaban J connectivity index is 0.00000161. The van der Waals surface area contributed by atoms with E-state index in [2.05, 4.69) is 10.3 Å². The van der Waals surface area contributed by atoms with Gasteiger partial charge in [-0.3, -0.25) is 0 Å². The van der Waals surface area contributed by atoms with Crippen LogP contribution in [0.3, 0.4) is 0 Å². The van der Waals surface area contributed by atoms with Gasteiger partial charge < -0.3 is 20.9 Å². The summed E-state index contributed by atoms with van der Waals surface area (Å²) in [7, 11) is 0. The summed E-state index contributed by atoms with van der Waals surface area (Å²) in [5, 5.41) is 13.0. The second-order valence-corrected chi connectivity index (χ2v) is 11.9. The molecular formula is C30H30F5N7S. The molecule has 5 heterocycles. The van der Waals surface area contributed by atoms with E-state index in [1.54, 1.807) is 0 Å². The fourth-order valence-electron chi connectivity index (χ4n) is 6.46. The zero-order chi connectivity index (χ0) is 30.6. The molecule has 3 aliphatic heterocycles. The van der Waals surface area contributed by atoms with Gasteiger partial charge in [-0.15, -0.1) is 11.3 Å². The van der Waals surface area contributed by atoms with Crippen molar-refractivity contribution in [2.45, 2.75) is 57.8 Å². The van der Waals surface area contributed by atoms with Gasteiger partial charge in [-0.05, 0) is 43.4 Å². The maximum Gasteiger partial charge on any atom is 0.417 e. The molecule has 13 heteroatoms. The fraction of sp³-hybridized carbons (Fsp3) is 0.433. The van der Waals surface area contributed by atoms with Gasteiger partial charge in [0.15, 0.2) is 5.82 Å². The fourth-order valence-corrected chi connectivity index (χ4v) is 7.41. The highest BCUT2D eigenvalue weighted by molar-refractivity contribution is 7.23. The second-order valence-electron chi connectivity index (χ2n) is 10.8. The number of nitrogen functional groups attached to an aromatic ring is 1. The molecule has 2 bridgehead atoms. The van der Waals surface area contributed by atoms with Gasteiger partial charge in [-0.2, -0.15) is 23.4 Å². The molecule has 3 saturated heterocycles. The number of nitrogens with two attached hydrogens (primary N) is 1. The number of nitrogens with one attached hydrogen (secondary N) is 1. The van der Waals surface area contributed by atoms with Crippen molar-refractivity contribution >= 4 is 49.1 Å². The van der Waals surface area contributed by atoms with Gasteiger partial charge in [-0.1, -0.05) is 19.9 Å². The van der Waals surface area contributed by atoms with E-state index >= 15 is 4.39 Å². The molecule has 2 aromatic heterocycles. The highest BCUT2D eigenvalue weighted by Crippen LogP contribution is 2.48. The Bertz CT molecular complexity index is 1740. The highest BCUT2D eigenvalue weighted by atomic mass is 32.1. The zero-order valence-corrected chi connectivity index (χ0v) is 24.5. The molecule has 7 nitrogen and oxygen atoms in total. The lowest BCUT2D eigenvalue weighted by atomic mass is 9.92. The standard InChI is InChI=1S/C28H24F5N7S.C2H6/c29-19-6-5-15(20-17(10-34)25(35)41-24(19)20)21-18(28(31,32)33)9-16-23(22(21)30)37-27(39-7-1-2-8-39)38-26(16)40-11-13-3-4-14(12-40)36-13;1-2/h5-6,9,13-14,36H,1-4,7-8,11-12,35H2;1-2H3. The average Bonchev–Trinajstić information content (AvgIpc) is 3.73. The van der Waals surface area contributed by atoms with Gasteiger partial charge in [0.25, 0.3) is 0 Å². The SMILES string of the molecule is CC.N#Cc1c(N)sc2c(F)ccc(-c3c(C(F)(F)F)cc4c(N5CC6CCC(C5)N6)nc(N5CCCC5)nc4c3F)c12. The first-order valence-electron chi connectivity index (χ1n) is 14.4. The largest absolute Gasteiger partial charge is 0.417 e. The number of hydrogen-bond donors (Lipinski definition) is 2. The quantitative estimate of drug-likeness (QED) is 0.244. The van der Waals surface area contributed by atoms with E-state index in [-0.39, 0.29) is 61.0 Å². The molecule has 43 heavy (non-hydrogen) atoms. The zero-order valence-electron chi connectivity index (χ0n) is 23.7. The number of halogens is 5. The van der Waals surface area contributed by atoms with Crippen LogP contribution in [0.4, 0.5) is 38.7 Å². The normalized spacial score (nSPS) is 20.0. The summed E-state index contributed by atoms with van der Waals surface area (Å²) < 4.78 is 75.6. The van der Waals surface area contributed by atoms with Gasteiger partial charge in [-0.25, -0.2) is 13.8 Å². The minimum absolute atomic E-state index is 0.0356. The molecule has 0 amide bonds. The third-order valence-electron chi connectivity index (χ3n) is 8.31. The summed E-state index contributed by atoms with van der Waals surface area (Å²) in [6.45, 7) is 6.38. The van der Waals surface area contributed by atoms with Crippen LogP contribution in [-0.4, -0.2) is 48.2 Å². The van der Waals surface area contributed by atoms with Gasteiger partial charge in [0.2, 0.25) is 5.95 Å². The Morgan fingerprint density at radius 3 is 2.35 bits per heavy atom. The van der Waals surface area contributed by atoms with Crippen LogP contribution in [0.25, 0.3) is 32.1 Å². The molecule has 0 saturated carbocycles. The average molecular weight is 616 g/mol. The van der Waals surface area contributed by atoms with Crippen molar-refractivity contribution in [1.29, 1.82) is 5.26 Å². The highest BCUT2D eigenvalue weighted by Gasteiger charge is 2.40. The monoisotopic (exact) mass is 615 g/mol. The molecule has 3 N–H and O–H groups in total. The topological polar surface area (TPSA) is 94.1 Å². The molecule has 7 rings (SSSR count). The van der Waals surface area contributed by atoms with Crippen LogP contribution in [0.5, 0.6) is 0 Å². The van der Waals surface area contributed by atoms with E-state index in [9.17, 15) is 22.8 Å². The smallest absolute Gasteiger partial charge is 0.389 e. The lowest BCUT2D eigenvalue weighted by molar-refractivity contribution is -0.137. The predicted molar refractivity (Wildman–Crippen MR) is 159 cm³/mol. The van der Waals surface area contributed by atoms with Crippen molar-refractivity contribution in [1.82, 2.24) is 15.3 Å². The van der Waals surface area contributed by atoms with Crippen LogP contribution >= 0.6 is 11.3 Å². The molecule has 0 aliphatic carbocycles. The second kappa shape index (κ2) is 11.1. The predicted octanol–water partition coefficient (Wildman–Crippen LogP) is 6.83. The van der Waals surface area contributed by atoms with Crippen molar-refractivity contribution in [3.63, 3.8) is 0 Å². The molecule has 0 radical (unpaired) electrons. The maximum absolute atomic E-state index is 16.8. The van der Waals surface area contributed by atoms with Crippen LogP contribution in [0, 0.1) is 23.0 Å². The van der Waals surface area contributed by atoms with Crippen molar-refractivity contribution in [3.05, 3.63) is 41.0 Å². The summed E-state index contributed by atoms with van der Waals surface area (Å²) in [6.07, 6.45) is -1.28. The summed E-state index contributed by atoms with van der Waals surface area (Å²) >= 11 is 0.740. The van der Waals surface area contributed by atoms with Crippen LogP contribution in [0.1, 0.15) is 50.7 Å². The summed E-state index contributed by atoms with van der Waals surface area (Å²) in [5.74, 6) is -1.42. The van der Waals surface area contributed by atoms with Gasteiger partial charge in [0, 0.05) is 54.6 Å². The minimum Gasteiger partial charge on any atom is -0.389 e. The minimum atomic E-state index is -4.98. The molecule has 3 fully saturated rings. The van der Waals surface area contributed by atoms with Crippen molar-refractivity contribution in [3.8, 4) is 17.2 Å². The van der Waals surface area contributed by atoms with Crippen molar-refractivity contribution < 1.29 is 22.0 Å². The first-order valence-corrected chi connectivity index (χ1v) is 15.2. The van der Waals surface area contributed by atoms with E-state index in [0.717, 1.165) is 55.2 Å². The number of nitrogens with zero attached hydrogens (tertiary/aromatic N) is 5. The molecule has 0 spiro atoms. The van der Waals surface area contributed by atoms with E-state index in [0.29, 0.717) is 26.2 Å². The molecule has 2 atom stereocenters. The van der Waals surface area contributed by atoms with Gasteiger partial charge in [0.1, 0.15) is 28.2 Å². The number of rotatable bonds is 3. The molecule has 3 aliphatic rings. The number of thiophene rings is 1. The summed E-state index contributed by atoms with van der Waals surface area (Å²) in [5.41, 5.74) is 3.19. The van der Waals surface area contributed by atoms with Gasteiger partial charge in [0.05, 0.1) is 15.8 Å². The van der Waals surface area contributed by atoms with Crippen LogP contribution in [0.15, 0.2) is 18.2 Å². The van der Waals surface area contributed by atoms with Crippen molar-refractivity contribution in [2.75, 3.05) is 41.7 Å². The Hall–Kier alpha value is -3.76. The van der Waals surface area contributed by atoms with Crippen LogP contribution in [-0.2, 0) is 6.18 Å². The van der Waals surface area contributed by atoms with Gasteiger partial charge >= 0.3 is 6.18 Å². The maximum atomic E-state index is 16.8. The van der Waals surface area contributed by atoms with E-state index < -0.39 is 28.9 Å². The first-order chi connectivity index (χ1) is 20.6. The number of fused-ring (bicyclic) bond motifs is 4. The number of alkyl halides is 3. The Morgan fingerprint density at radius 2 is 1.72 bits per heavy atom. The van der Waals surface area contributed by atoms with E-state index in [4.69, 9.17) is 10.7 Å². The van der Waals surface area contributed by atoms with Crippen LogP contribution in [0.2, 0.25) is 0 Å². The first kappa shape index (κ1) is 29.3. The number of hydrogen-bond acceptors (Lipinski definition) is 8. The molecule has 4 aromatic rings. The summed E-state index contributed by atoms with van der Waals surface area (Å²) in [6, 6.07) is 5.13. The van der Waals surface area contributed by atoms with Crippen molar-refractivity contribution in [2.24, 2.45) is 0 Å². The third kappa shape index (κ3) is 4.90. The number of aromatic nitrogens is 2. The molecule has 2 unspecified atom stereocenters. The lowest BCUT2D eigenvalue weighted by Gasteiger charge is -2.35. The van der Waals surface area contributed by atoms with E-state index in [1.165, 1.54) is 0 Å². The molecular weight excluding hydrogens is 585 g/mol. The molecule has 2 aromatic carbocycles.